The Morgan fingerprint density at radius 2 is 2.00 bits per heavy atom. The normalized spacial score (nSPS) is 18.9. The highest BCUT2D eigenvalue weighted by Gasteiger charge is 2.32. The van der Waals surface area contributed by atoms with Gasteiger partial charge in [-0.05, 0) is 50.3 Å². The highest BCUT2D eigenvalue weighted by molar-refractivity contribution is 7.19. The molecule has 1 aromatic carbocycles. The summed E-state index contributed by atoms with van der Waals surface area (Å²) in [5, 5.41) is 7.70. The summed E-state index contributed by atoms with van der Waals surface area (Å²) in [4.78, 5) is 19.5. The summed E-state index contributed by atoms with van der Waals surface area (Å²) in [5.41, 5.74) is 12.7. The average Bonchev–Trinajstić information content (AvgIpc) is 3.49. The lowest BCUT2D eigenvalue weighted by Gasteiger charge is -2.25. The van der Waals surface area contributed by atoms with E-state index in [4.69, 9.17) is 11.5 Å². The van der Waals surface area contributed by atoms with Gasteiger partial charge in [0.15, 0.2) is 11.5 Å². The molecule has 5 N–H and O–H groups in total. The van der Waals surface area contributed by atoms with Crippen LogP contribution in [-0.2, 0) is 0 Å². The summed E-state index contributed by atoms with van der Waals surface area (Å²) >= 11 is 0.939. The molecule has 1 aliphatic carbocycles. The highest BCUT2D eigenvalue weighted by Crippen LogP contribution is 2.41. The lowest BCUT2D eigenvalue weighted by molar-refractivity contribution is 0.102. The molecule has 1 unspecified atom stereocenters. The Morgan fingerprint density at radius 1 is 1.18 bits per heavy atom. The number of carbonyl (C=O) groups excluding carboxylic acids is 1. The maximum atomic E-state index is 14.2. The van der Waals surface area contributed by atoms with Gasteiger partial charge in [-0.25, -0.2) is 18.4 Å². The molecular weight excluding hydrogens is 448 g/mol. The number of hydrogen-bond acceptors (Lipinski definition) is 7. The summed E-state index contributed by atoms with van der Waals surface area (Å²) in [5.74, 6) is -0.884. The van der Waals surface area contributed by atoms with Gasteiger partial charge in [0.25, 0.3) is 5.91 Å². The third-order valence-corrected chi connectivity index (χ3v) is 6.93. The Labute approximate surface area is 193 Å². The Balaban J connectivity index is 1.43. The molecule has 1 saturated heterocycles. The average molecular weight is 474 g/mol. The number of nitrogen functional groups attached to an aromatic ring is 1. The zero-order valence-corrected chi connectivity index (χ0v) is 18.7. The minimum Gasteiger partial charge on any atom is -0.389 e. The second kappa shape index (κ2) is 8.71. The first kappa shape index (κ1) is 21.8. The van der Waals surface area contributed by atoms with Crippen LogP contribution in [0, 0.1) is 11.6 Å². The van der Waals surface area contributed by atoms with Crippen LogP contribution in [0.15, 0.2) is 24.4 Å². The molecule has 2 fully saturated rings. The van der Waals surface area contributed by atoms with Crippen LogP contribution in [0.3, 0.4) is 0 Å². The second-order valence-corrected chi connectivity index (χ2v) is 9.58. The lowest BCUT2D eigenvalue weighted by atomic mass is 10.1. The molecule has 2 aliphatic rings. The first-order valence-corrected chi connectivity index (χ1v) is 11.8. The van der Waals surface area contributed by atoms with Crippen LogP contribution in [-0.4, -0.2) is 39.8 Å². The molecule has 11 heteroatoms. The molecule has 1 amide bonds. The predicted molar refractivity (Wildman–Crippen MR) is 124 cm³/mol. The van der Waals surface area contributed by atoms with Crippen molar-refractivity contribution >= 4 is 33.8 Å². The lowest BCUT2D eigenvalue weighted by Crippen LogP contribution is -2.29. The van der Waals surface area contributed by atoms with Gasteiger partial charge >= 0.3 is 0 Å². The number of anilines is 3. The molecule has 0 spiro atoms. The SMILES string of the molecule is Nc1sc(-c2cc(F)ccc2F)nc1C(=O)Nc1cnn(C2CC2)c1N1CCCC(N)CC1. The molecule has 0 bridgehead atoms. The Hall–Kier alpha value is -3.05. The van der Waals surface area contributed by atoms with Crippen LogP contribution in [0.25, 0.3) is 10.6 Å². The third kappa shape index (κ3) is 4.42. The van der Waals surface area contributed by atoms with Crippen molar-refractivity contribution in [1.29, 1.82) is 0 Å². The number of halogens is 2. The highest BCUT2D eigenvalue weighted by atomic mass is 32.1. The molecule has 5 rings (SSSR count). The number of benzene rings is 1. The second-order valence-electron chi connectivity index (χ2n) is 8.55. The number of rotatable bonds is 5. The van der Waals surface area contributed by atoms with E-state index < -0.39 is 17.5 Å². The van der Waals surface area contributed by atoms with E-state index in [1.165, 1.54) is 0 Å². The number of nitrogens with one attached hydrogen (secondary N) is 1. The quantitative estimate of drug-likeness (QED) is 0.520. The van der Waals surface area contributed by atoms with E-state index in [2.05, 4.69) is 20.3 Å². The molecule has 1 saturated carbocycles. The Kier molecular flexibility index (Phi) is 5.75. The first-order chi connectivity index (χ1) is 15.9. The van der Waals surface area contributed by atoms with Crippen LogP contribution in [0.2, 0.25) is 0 Å². The third-order valence-electron chi connectivity index (χ3n) is 6.01. The summed E-state index contributed by atoms with van der Waals surface area (Å²) in [6, 6.07) is 3.58. The van der Waals surface area contributed by atoms with Gasteiger partial charge in [-0.15, -0.1) is 0 Å². The smallest absolute Gasteiger partial charge is 0.277 e. The van der Waals surface area contributed by atoms with Gasteiger partial charge < -0.3 is 21.7 Å². The van der Waals surface area contributed by atoms with Crippen molar-refractivity contribution in [3.8, 4) is 10.6 Å². The molecular formula is C22H25F2N7OS. The Bertz CT molecular complexity index is 1190. The van der Waals surface area contributed by atoms with Crippen molar-refractivity contribution in [3.63, 3.8) is 0 Å². The fraction of sp³-hybridized carbons (Fsp3) is 0.409. The van der Waals surface area contributed by atoms with Gasteiger partial charge in [0.05, 0.1) is 12.2 Å². The molecule has 3 aromatic rings. The fourth-order valence-corrected chi connectivity index (χ4v) is 4.98. The van der Waals surface area contributed by atoms with Crippen LogP contribution in [0.5, 0.6) is 0 Å². The monoisotopic (exact) mass is 473 g/mol. The maximum absolute atomic E-state index is 14.2. The summed E-state index contributed by atoms with van der Waals surface area (Å²) in [6.45, 7) is 1.61. The van der Waals surface area contributed by atoms with Crippen LogP contribution >= 0.6 is 11.3 Å². The van der Waals surface area contributed by atoms with Gasteiger partial charge in [-0.2, -0.15) is 5.10 Å². The van der Waals surface area contributed by atoms with E-state index in [9.17, 15) is 13.6 Å². The van der Waals surface area contributed by atoms with Gasteiger partial charge in [-0.3, -0.25) is 4.79 Å². The van der Waals surface area contributed by atoms with Gasteiger partial charge in [0, 0.05) is 24.7 Å². The van der Waals surface area contributed by atoms with Crippen LogP contribution in [0.1, 0.15) is 48.6 Å². The van der Waals surface area contributed by atoms with E-state index in [0.717, 1.165) is 80.5 Å². The van der Waals surface area contributed by atoms with Crippen molar-refractivity contribution in [3.05, 3.63) is 41.7 Å². The first-order valence-electron chi connectivity index (χ1n) is 11.0. The van der Waals surface area contributed by atoms with E-state index >= 15 is 0 Å². The van der Waals surface area contributed by atoms with Crippen LogP contribution < -0.4 is 21.7 Å². The molecule has 174 valence electrons. The van der Waals surface area contributed by atoms with E-state index in [1.54, 1.807) is 6.20 Å². The predicted octanol–water partition coefficient (Wildman–Crippen LogP) is 3.77. The standard InChI is InChI=1S/C22H25F2N7OS/c23-12-3-6-16(24)15(10-12)21-29-18(19(26)33-21)20(32)28-17-11-27-31(14-4-5-14)22(17)30-8-1-2-13(25)7-9-30/h3,6,10-11,13-14H,1-2,4-5,7-9,25-26H2,(H,28,32). The number of aromatic nitrogens is 3. The molecule has 1 aliphatic heterocycles. The molecule has 33 heavy (non-hydrogen) atoms. The molecule has 3 heterocycles. The zero-order valence-electron chi connectivity index (χ0n) is 17.9. The Morgan fingerprint density at radius 3 is 2.79 bits per heavy atom. The molecule has 0 radical (unpaired) electrons. The molecule has 1 atom stereocenters. The van der Waals surface area contributed by atoms with Gasteiger partial charge in [-0.1, -0.05) is 11.3 Å². The maximum Gasteiger partial charge on any atom is 0.277 e. The number of carbonyl (C=O) groups is 1. The minimum atomic E-state index is -0.635. The summed E-state index contributed by atoms with van der Waals surface area (Å²) in [6.07, 6.45) is 6.54. The van der Waals surface area contributed by atoms with Crippen molar-refractivity contribution in [1.82, 2.24) is 14.8 Å². The number of hydrogen-bond donors (Lipinski definition) is 3. The largest absolute Gasteiger partial charge is 0.389 e. The van der Waals surface area contributed by atoms with Crippen molar-refractivity contribution in [2.24, 2.45) is 5.73 Å². The summed E-state index contributed by atoms with van der Waals surface area (Å²) < 4.78 is 29.8. The topological polar surface area (TPSA) is 115 Å². The van der Waals surface area contributed by atoms with E-state index in [0.29, 0.717) is 11.7 Å². The molecule has 2 aromatic heterocycles. The number of nitrogens with two attached hydrogens (primary N) is 2. The minimum absolute atomic E-state index is 0.0262. The van der Waals surface area contributed by atoms with Gasteiger partial charge in [0.1, 0.15) is 27.3 Å². The number of nitrogens with zero attached hydrogens (tertiary/aromatic N) is 4. The van der Waals surface area contributed by atoms with Gasteiger partial charge in [0.2, 0.25) is 0 Å². The van der Waals surface area contributed by atoms with E-state index in [1.807, 2.05) is 4.68 Å². The molecule has 8 nitrogen and oxygen atoms in total. The fourth-order valence-electron chi connectivity index (χ4n) is 4.13. The zero-order chi connectivity index (χ0) is 23.1. The van der Waals surface area contributed by atoms with Crippen molar-refractivity contribution < 1.29 is 13.6 Å². The van der Waals surface area contributed by atoms with Crippen LogP contribution in [0.4, 0.5) is 25.3 Å². The number of thiazole rings is 1. The van der Waals surface area contributed by atoms with Crippen molar-refractivity contribution in [2.45, 2.75) is 44.2 Å². The number of amides is 1. The van der Waals surface area contributed by atoms with Crippen molar-refractivity contribution in [2.75, 3.05) is 29.0 Å². The van der Waals surface area contributed by atoms with E-state index in [-0.39, 0.29) is 27.3 Å². The summed E-state index contributed by atoms with van der Waals surface area (Å²) in [7, 11) is 0.